The number of likely N-dealkylation sites (N-methyl/N-ethyl adjacent to an activating group) is 1. The SMILES string of the molecule is CCN1CCC1C=O. The lowest BCUT2D eigenvalue weighted by atomic mass is 10.1. The molecule has 0 radical (unpaired) electrons. The van der Waals surface area contributed by atoms with Gasteiger partial charge in [0.05, 0.1) is 6.04 Å². The van der Waals surface area contributed by atoms with E-state index in [0.29, 0.717) is 0 Å². The molecule has 0 aromatic rings. The highest BCUT2D eigenvalue weighted by Gasteiger charge is 2.24. The highest BCUT2D eigenvalue weighted by molar-refractivity contribution is 5.59. The Labute approximate surface area is 49.5 Å². The molecule has 0 aliphatic carbocycles. The minimum absolute atomic E-state index is 0.250. The molecule has 46 valence electrons. The summed E-state index contributed by atoms with van der Waals surface area (Å²) in [6.07, 6.45) is 2.10. The van der Waals surface area contributed by atoms with Crippen LogP contribution in [0.5, 0.6) is 0 Å². The quantitative estimate of drug-likeness (QED) is 0.479. The van der Waals surface area contributed by atoms with Crippen LogP contribution in [-0.4, -0.2) is 30.3 Å². The Kier molecular flexibility index (Phi) is 1.63. The van der Waals surface area contributed by atoms with Crippen LogP contribution in [0.4, 0.5) is 0 Å². The van der Waals surface area contributed by atoms with E-state index < -0.39 is 0 Å². The van der Waals surface area contributed by atoms with Gasteiger partial charge in [-0.25, -0.2) is 0 Å². The van der Waals surface area contributed by atoms with E-state index in [1.165, 1.54) is 0 Å². The third-order valence-corrected chi connectivity index (χ3v) is 1.74. The second-order valence-corrected chi connectivity index (χ2v) is 2.12. The number of rotatable bonds is 2. The summed E-state index contributed by atoms with van der Waals surface area (Å²) in [4.78, 5) is 12.3. The average molecular weight is 113 g/mol. The van der Waals surface area contributed by atoms with Crippen molar-refractivity contribution in [3.8, 4) is 0 Å². The minimum atomic E-state index is 0.250. The summed E-state index contributed by atoms with van der Waals surface area (Å²) in [6.45, 7) is 4.21. The van der Waals surface area contributed by atoms with Crippen LogP contribution in [-0.2, 0) is 4.79 Å². The number of carbonyl (C=O) groups excluding carboxylic acids is 1. The van der Waals surface area contributed by atoms with Gasteiger partial charge in [0.25, 0.3) is 0 Å². The van der Waals surface area contributed by atoms with Crippen molar-refractivity contribution < 1.29 is 4.79 Å². The molecule has 1 heterocycles. The van der Waals surface area contributed by atoms with Gasteiger partial charge in [-0.1, -0.05) is 6.92 Å². The van der Waals surface area contributed by atoms with Crippen LogP contribution in [0.3, 0.4) is 0 Å². The number of hydrogen-bond donors (Lipinski definition) is 0. The first kappa shape index (κ1) is 5.76. The monoisotopic (exact) mass is 113 g/mol. The molecule has 1 rings (SSSR count). The second-order valence-electron chi connectivity index (χ2n) is 2.12. The van der Waals surface area contributed by atoms with E-state index in [2.05, 4.69) is 11.8 Å². The lowest BCUT2D eigenvalue weighted by molar-refractivity contribution is -0.116. The van der Waals surface area contributed by atoms with Gasteiger partial charge in [0.1, 0.15) is 6.29 Å². The molecule has 0 saturated carbocycles. The fourth-order valence-electron chi connectivity index (χ4n) is 1.01. The van der Waals surface area contributed by atoms with Crippen molar-refractivity contribution in [2.75, 3.05) is 13.1 Å². The summed E-state index contributed by atoms with van der Waals surface area (Å²) in [5.41, 5.74) is 0. The first-order valence-electron chi connectivity index (χ1n) is 3.08. The summed E-state index contributed by atoms with van der Waals surface area (Å²) in [6, 6.07) is 0.250. The predicted octanol–water partition coefficient (Wildman–Crippen LogP) is 0.279. The first-order chi connectivity index (χ1) is 3.88. The number of nitrogens with zero attached hydrogens (tertiary/aromatic N) is 1. The van der Waals surface area contributed by atoms with E-state index in [9.17, 15) is 4.79 Å². The van der Waals surface area contributed by atoms with Gasteiger partial charge in [-0.3, -0.25) is 4.90 Å². The van der Waals surface area contributed by atoms with E-state index in [4.69, 9.17) is 0 Å². The van der Waals surface area contributed by atoms with E-state index >= 15 is 0 Å². The van der Waals surface area contributed by atoms with Crippen LogP contribution in [0.2, 0.25) is 0 Å². The number of carbonyl (C=O) groups is 1. The van der Waals surface area contributed by atoms with Gasteiger partial charge in [0.2, 0.25) is 0 Å². The van der Waals surface area contributed by atoms with Gasteiger partial charge in [-0.05, 0) is 13.0 Å². The van der Waals surface area contributed by atoms with Gasteiger partial charge in [0, 0.05) is 6.54 Å². The van der Waals surface area contributed by atoms with Crippen molar-refractivity contribution in [3.05, 3.63) is 0 Å². The lowest BCUT2D eigenvalue weighted by Gasteiger charge is -2.36. The van der Waals surface area contributed by atoms with E-state index in [-0.39, 0.29) is 6.04 Å². The third-order valence-electron chi connectivity index (χ3n) is 1.74. The number of aldehydes is 1. The highest BCUT2D eigenvalue weighted by Crippen LogP contribution is 2.12. The van der Waals surface area contributed by atoms with Crippen molar-refractivity contribution in [2.24, 2.45) is 0 Å². The van der Waals surface area contributed by atoms with Crippen molar-refractivity contribution >= 4 is 6.29 Å². The molecular weight excluding hydrogens is 102 g/mol. The summed E-state index contributed by atoms with van der Waals surface area (Å²) in [5, 5.41) is 0. The normalized spacial score (nSPS) is 29.4. The molecule has 1 saturated heterocycles. The molecule has 1 aliphatic rings. The Morgan fingerprint density at radius 3 is 2.75 bits per heavy atom. The Morgan fingerprint density at radius 1 is 1.88 bits per heavy atom. The fourth-order valence-corrected chi connectivity index (χ4v) is 1.01. The molecule has 1 unspecified atom stereocenters. The molecule has 0 amide bonds. The molecule has 2 nitrogen and oxygen atoms in total. The molecule has 0 aromatic heterocycles. The van der Waals surface area contributed by atoms with Gasteiger partial charge < -0.3 is 4.79 Å². The fraction of sp³-hybridized carbons (Fsp3) is 0.833. The van der Waals surface area contributed by atoms with Crippen LogP contribution in [0.1, 0.15) is 13.3 Å². The predicted molar refractivity (Wildman–Crippen MR) is 31.7 cm³/mol. The molecule has 1 atom stereocenters. The minimum Gasteiger partial charge on any atom is -0.302 e. The van der Waals surface area contributed by atoms with Crippen molar-refractivity contribution in [1.29, 1.82) is 0 Å². The van der Waals surface area contributed by atoms with Crippen LogP contribution < -0.4 is 0 Å². The highest BCUT2D eigenvalue weighted by atomic mass is 16.1. The molecule has 1 fully saturated rings. The first-order valence-corrected chi connectivity index (χ1v) is 3.08. The molecule has 8 heavy (non-hydrogen) atoms. The molecular formula is C6H11NO. The zero-order valence-electron chi connectivity index (χ0n) is 5.13. The van der Waals surface area contributed by atoms with Crippen LogP contribution in [0.25, 0.3) is 0 Å². The zero-order valence-corrected chi connectivity index (χ0v) is 5.13. The molecule has 1 aliphatic heterocycles. The van der Waals surface area contributed by atoms with Crippen LogP contribution in [0.15, 0.2) is 0 Å². The lowest BCUT2D eigenvalue weighted by Crippen LogP contribution is -2.48. The van der Waals surface area contributed by atoms with Crippen molar-refractivity contribution in [2.45, 2.75) is 19.4 Å². The summed E-state index contributed by atoms with van der Waals surface area (Å²) in [5.74, 6) is 0. The zero-order chi connectivity index (χ0) is 5.98. The molecule has 0 N–H and O–H groups in total. The Bertz CT molecular complexity index is 90.5. The topological polar surface area (TPSA) is 20.3 Å². The third kappa shape index (κ3) is 0.757. The number of likely N-dealkylation sites (tertiary alicyclic amines) is 1. The molecule has 2 heteroatoms. The van der Waals surface area contributed by atoms with E-state index in [0.717, 1.165) is 25.8 Å². The summed E-state index contributed by atoms with van der Waals surface area (Å²) in [7, 11) is 0. The average Bonchev–Trinajstić information content (AvgIpc) is 1.66. The number of hydrogen-bond acceptors (Lipinski definition) is 2. The maximum absolute atomic E-state index is 10.1. The largest absolute Gasteiger partial charge is 0.302 e. The smallest absolute Gasteiger partial charge is 0.137 e. The Hall–Kier alpha value is -0.370. The van der Waals surface area contributed by atoms with Crippen molar-refractivity contribution in [1.82, 2.24) is 4.90 Å². The van der Waals surface area contributed by atoms with E-state index in [1.807, 2.05) is 0 Å². The van der Waals surface area contributed by atoms with E-state index in [1.54, 1.807) is 0 Å². The Balaban J connectivity index is 2.26. The van der Waals surface area contributed by atoms with Gasteiger partial charge in [-0.15, -0.1) is 0 Å². The summed E-state index contributed by atoms with van der Waals surface area (Å²) >= 11 is 0. The molecule has 0 aromatic carbocycles. The van der Waals surface area contributed by atoms with Gasteiger partial charge in [-0.2, -0.15) is 0 Å². The van der Waals surface area contributed by atoms with Crippen LogP contribution in [0, 0.1) is 0 Å². The van der Waals surface area contributed by atoms with Gasteiger partial charge in [0.15, 0.2) is 0 Å². The standard InChI is InChI=1S/C6H11NO/c1-2-7-4-3-6(7)5-8/h5-6H,2-4H2,1H3. The second kappa shape index (κ2) is 2.27. The van der Waals surface area contributed by atoms with Crippen molar-refractivity contribution in [3.63, 3.8) is 0 Å². The maximum atomic E-state index is 10.1. The molecule has 0 spiro atoms. The maximum Gasteiger partial charge on any atom is 0.137 e. The Morgan fingerprint density at radius 2 is 2.62 bits per heavy atom. The summed E-state index contributed by atoms with van der Waals surface area (Å²) < 4.78 is 0. The van der Waals surface area contributed by atoms with Gasteiger partial charge >= 0.3 is 0 Å². The molecule has 0 bridgehead atoms. The van der Waals surface area contributed by atoms with Crippen LogP contribution >= 0.6 is 0 Å².